The van der Waals surface area contributed by atoms with E-state index in [2.05, 4.69) is 35.4 Å². The highest BCUT2D eigenvalue weighted by Crippen LogP contribution is 2.26. The van der Waals surface area contributed by atoms with Crippen LogP contribution in [-0.4, -0.2) is 44.1 Å². The highest BCUT2D eigenvalue weighted by molar-refractivity contribution is 5.86. The molecule has 0 saturated carbocycles. The zero-order valence-electron chi connectivity index (χ0n) is 13.7. The first kappa shape index (κ1) is 15.5. The molecule has 1 amide bonds. The summed E-state index contributed by atoms with van der Waals surface area (Å²) in [5.74, 6) is 1.03. The van der Waals surface area contributed by atoms with Gasteiger partial charge < -0.3 is 10.2 Å². The average molecular weight is 337 g/mol. The molecule has 1 aliphatic heterocycles. The van der Waals surface area contributed by atoms with Crippen molar-refractivity contribution in [3.05, 3.63) is 42.6 Å². The minimum Gasteiger partial charge on any atom is -0.356 e. The largest absolute Gasteiger partial charge is 0.356 e. The summed E-state index contributed by atoms with van der Waals surface area (Å²) in [4.78, 5) is 27.2. The van der Waals surface area contributed by atoms with E-state index in [4.69, 9.17) is 0 Å². The smallest absolute Gasteiger partial charge is 0.223 e. The molecule has 1 fully saturated rings. The second kappa shape index (κ2) is 6.84. The van der Waals surface area contributed by atoms with Gasteiger partial charge in [0.05, 0.1) is 11.6 Å². The first-order valence-electron chi connectivity index (χ1n) is 8.37. The van der Waals surface area contributed by atoms with E-state index in [9.17, 15) is 4.79 Å². The number of H-pyrrole nitrogens is 1. The lowest BCUT2D eigenvalue weighted by atomic mass is 9.95. The molecule has 0 aliphatic carbocycles. The number of aromatic amines is 1. The van der Waals surface area contributed by atoms with Crippen LogP contribution in [0.15, 0.2) is 37.1 Å². The van der Waals surface area contributed by atoms with Gasteiger partial charge in [-0.05, 0) is 24.5 Å². The average Bonchev–Trinajstić information content (AvgIpc) is 3.16. The maximum atomic E-state index is 12.4. The number of fused-ring (bicyclic) bond motifs is 1. The number of hydrogen-bond acceptors (Lipinski definition) is 6. The molecular weight excluding hydrogens is 318 g/mol. The first-order chi connectivity index (χ1) is 12.3. The first-order valence-corrected chi connectivity index (χ1v) is 8.37. The molecule has 0 unspecified atom stereocenters. The van der Waals surface area contributed by atoms with Crippen molar-refractivity contribution < 1.29 is 4.79 Å². The summed E-state index contributed by atoms with van der Waals surface area (Å²) in [5, 5.41) is 10.8. The van der Waals surface area contributed by atoms with Crippen molar-refractivity contribution in [3.63, 3.8) is 0 Å². The van der Waals surface area contributed by atoms with Crippen molar-refractivity contribution in [3.8, 4) is 0 Å². The Balaban J connectivity index is 1.35. The number of amides is 1. The van der Waals surface area contributed by atoms with Gasteiger partial charge in [0.2, 0.25) is 5.91 Å². The van der Waals surface area contributed by atoms with Gasteiger partial charge in [-0.2, -0.15) is 5.10 Å². The molecule has 1 aliphatic rings. The lowest BCUT2D eigenvalue weighted by Crippen LogP contribution is -2.40. The van der Waals surface area contributed by atoms with E-state index in [0.29, 0.717) is 6.54 Å². The Labute approximate surface area is 144 Å². The van der Waals surface area contributed by atoms with E-state index in [1.165, 1.54) is 0 Å². The van der Waals surface area contributed by atoms with Crippen LogP contribution >= 0.6 is 0 Å². The number of aromatic nitrogens is 5. The van der Waals surface area contributed by atoms with E-state index in [-0.39, 0.29) is 11.8 Å². The van der Waals surface area contributed by atoms with Gasteiger partial charge in [-0.25, -0.2) is 9.97 Å². The molecule has 0 radical (unpaired) electrons. The fourth-order valence-electron chi connectivity index (χ4n) is 3.19. The predicted molar refractivity (Wildman–Crippen MR) is 92.7 cm³/mol. The summed E-state index contributed by atoms with van der Waals surface area (Å²) >= 11 is 0. The van der Waals surface area contributed by atoms with Crippen LogP contribution in [0.25, 0.3) is 11.0 Å². The van der Waals surface area contributed by atoms with E-state index in [1.807, 2.05) is 12.1 Å². The van der Waals surface area contributed by atoms with E-state index in [1.54, 1.807) is 24.9 Å². The second-order valence-electron chi connectivity index (χ2n) is 6.17. The van der Waals surface area contributed by atoms with Crippen LogP contribution in [-0.2, 0) is 11.3 Å². The third kappa shape index (κ3) is 3.28. The van der Waals surface area contributed by atoms with Gasteiger partial charge >= 0.3 is 0 Å². The number of pyridine rings is 1. The summed E-state index contributed by atoms with van der Waals surface area (Å²) in [6.45, 7) is 2.11. The Morgan fingerprint density at radius 2 is 2.16 bits per heavy atom. The number of nitrogens with zero attached hydrogens (tertiary/aromatic N) is 5. The molecule has 0 atom stereocenters. The summed E-state index contributed by atoms with van der Waals surface area (Å²) in [5.41, 5.74) is 1.75. The molecule has 0 spiro atoms. The molecular formula is C17H19N7O. The number of anilines is 1. The molecule has 2 N–H and O–H groups in total. The van der Waals surface area contributed by atoms with Gasteiger partial charge in [-0.15, -0.1) is 0 Å². The van der Waals surface area contributed by atoms with Crippen LogP contribution in [0.5, 0.6) is 0 Å². The molecule has 8 nitrogen and oxygen atoms in total. The Bertz CT molecular complexity index is 856. The fourth-order valence-corrected chi connectivity index (χ4v) is 3.19. The Morgan fingerprint density at radius 3 is 2.96 bits per heavy atom. The van der Waals surface area contributed by atoms with Crippen molar-refractivity contribution in [2.24, 2.45) is 5.92 Å². The van der Waals surface area contributed by atoms with Crippen LogP contribution in [0.1, 0.15) is 18.4 Å². The number of piperidine rings is 1. The van der Waals surface area contributed by atoms with Gasteiger partial charge in [0, 0.05) is 37.9 Å². The molecule has 0 bridgehead atoms. The molecule has 8 heteroatoms. The van der Waals surface area contributed by atoms with Crippen LogP contribution in [0.4, 0.5) is 5.82 Å². The quantitative estimate of drug-likeness (QED) is 0.744. The Morgan fingerprint density at radius 1 is 1.28 bits per heavy atom. The second-order valence-corrected chi connectivity index (χ2v) is 6.17. The van der Waals surface area contributed by atoms with Crippen molar-refractivity contribution >= 4 is 22.8 Å². The van der Waals surface area contributed by atoms with Crippen molar-refractivity contribution in [1.29, 1.82) is 0 Å². The fraction of sp³-hybridized carbons (Fsp3) is 0.353. The van der Waals surface area contributed by atoms with Gasteiger partial charge in [-0.1, -0.05) is 6.07 Å². The normalized spacial score (nSPS) is 15.4. The van der Waals surface area contributed by atoms with Gasteiger partial charge in [-0.3, -0.25) is 14.9 Å². The maximum absolute atomic E-state index is 12.4. The minimum absolute atomic E-state index is 0.0367. The Hall–Kier alpha value is -3.03. The number of carbonyl (C=O) groups is 1. The standard InChI is InChI=1S/C17H19N7O/c25-17(19-9-12-2-1-5-18-8-12)13-3-6-24(7-4-13)16-14-10-22-23-15(14)20-11-21-16/h1-2,5,8,10-11,13H,3-4,6-7,9H2,(H,19,25)(H,20,21,22,23). The minimum atomic E-state index is 0.0367. The zero-order valence-corrected chi connectivity index (χ0v) is 13.7. The topological polar surface area (TPSA) is 99.7 Å². The zero-order chi connectivity index (χ0) is 17.1. The summed E-state index contributed by atoms with van der Waals surface area (Å²) in [7, 11) is 0. The predicted octanol–water partition coefficient (Wildman–Crippen LogP) is 1.28. The molecule has 1 saturated heterocycles. The van der Waals surface area contributed by atoms with Crippen LogP contribution in [0.2, 0.25) is 0 Å². The van der Waals surface area contributed by atoms with Gasteiger partial charge in [0.1, 0.15) is 12.1 Å². The van der Waals surface area contributed by atoms with Crippen molar-refractivity contribution in [2.75, 3.05) is 18.0 Å². The van der Waals surface area contributed by atoms with Gasteiger partial charge in [0.15, 0.2) is 5.65 Å². The van der Waals surface area contributed by atoms with Crippen molar-refractivity contribution in [2.45, 2.75) is 19.4 Å². The molecule has 25 heavy (non-hydrogen) atoms. The number of nitrogens with one attached hydrogen (secondary N) is 2. The molecule has 4 heterocycles. The lowest BCUT2D eigenvalue weighted by Gasteiger charge is -2.32. The maximum Gasteiger partial charge on any atom is 0.223 e. The summed E-state index contributed by atoms with van der Waals surface area (Å²) in [6.07, 6.45) is 8.41. The van der Waals surface area contributed by atoms with E-state index < -0.39 is 0 Å². The summed E-state index contributed by atoms with van der Waals surface area (Å²) in [6, 6.07) is 3.83. The monoisotopic (exact) mass is 337 g/mol. The van der Waals surface area contributed by atoms with E-state index in [0.717, 1.165) is 48.3 Å². The molecule has 4 rings (SSSR count). The highest BCUT2D eigenvalue weighted by Gasteiger charge is 2.26. The summed E-state index contributed by atoms with van der Waals surface area (Å²) < 4.78 is 0. The number of hydrogen-bond donors (Lipinski definition) is 2. The van der Waals surface area contributed by atoms with Crippen LogP contribution < -0.4 is 10.2 Å². The molecule has 3 aromatic heterocycles. The van der Waals surface area contributed by atoms with Crippen LogP contribution in [0.3, 0.4) is 0 Å². The molecule has 3 aromatic rings. The lowest BCUT2D eigenvalue weighted by molar-refractivity contribution is -0.125. The van der Waals surface area contributed by atoms with E-state index >= 15 is 0 Å². The molecule has 128 valence electrons. The SMILES string of the molecule is O=C(NCc1cccnc1)C1CCN(c2ncnc3[nH]ncc23)CC1. The third-order valence-electron chi connectivity index (χ3n) is 4.58. The highest BCUT2D eigenvalue weighted by atomic mass is 16.1. The Kier molecular flexibility index (Phi) is 4.24. The third-order valence-corrected chi connectivity index (χ3v) is 4.58. The van der Waals surface area contributed by atoms with Crippen LogP contribution in [0, 0.1) is 5.92 Å². The van der Waals surface area contributed by atoms with Gasteiger partial charge in [0.25, 0.3) is 0 Å². The van der Waals surface area contributed by atoms with Crippen molar-refractivity contribution in [1.82, 2.24) is 30.5 Å². The number of rotatable bonds is 4. The molecule has 0 aromatic carbocycles. The number of carbonyl (C=O) groups excluding carboxylic acids is 1.